The number of rotatable bonds is 4. The van der Waals surface area contributed by atoms with Crippen LogP contribution in [-0.2, 0) is 9.59 Å². The minimum absolute atomic E-state index is 0.132. The highest BCUT2D eigenvalue weighted by Crippen LogP contribution is 2.24. The molecule has 2 amide bonds. The van der Waals surface area contributed by atoms with Crippen molar-refractivity contribution in [1.82, 2.24) is 4.90 Å². The van der Waals surface area contributed by atoms with Crippen molar-refractivity contribution in [2.75, 3.05) is 50.7 Å². The first-order valence-electron chi connectivity index (χ1n) is 8.94. The zero-order chi connectivity index (χ0) is 17.8. The van der Waals surface area contributed by atoms with E-state index in [4.69, 9.17) is 17.3 Å². The van der Waals surface area contributed by atoms with Gasteiger partial charge >= 0.3 is 0 Å². The number of para-hydroxylation sites is 1. The summed E-state index contributed by atoms with van der Waals surface area (Å²) in [6.07, 6.45) is 1.65. The van der Waals surface area contributed by atoms with Gasteiger partial charge in [0.25, 0.3) is 5.91 Å². The second-order valence-corrected chi connectivity index (χ2v) is 7.35. The zero-order valence-electron chi connectivity index (χ0n) is 14.4. The van der Waals surface area contributed by atoms with Crippen molar-refractivity contribution in [3.05, 3.63) is 29.3 Å². The van der Waals surface area contributed by atoms with Crippen molar-refractivity contribution in [2.24, 2.45) is 11.7 Å². The SMILES string of the molecule is NC(=O)[C@@H]1CCCN(C(=O)C[NH+]2CCN(c3ccccc3Cl)CC2)C1. The van der Waals surface area contributed by atoms with Crippen LogP contribution in [-0.4, -0.2) is 62.5 Å². The number of nitrogens with two attached hydrogens (primary N) is 1. The molecule has 2 aliphatic rings. The Morgan fingerprint density at radius 1 is 1.20 bits per heavy atom. The van der Waals surface area contributed by atoms with E-state index in [0.717, 1.165) is 56.3 Å². The highest BCUT2D eigenvalue weighted by atomic mass is 35.5. The van der Waals surface area contributed by atoms with Crippen molar-refractivity contribution in [3.8, 4) is 0 Å². The number of nitrogens with one attached hydrogen (secondary N) is 1. The van der Waals surface area contributed by atoms with Gasteiger partial charge in [-0.25, -0.2) is 0 Å². The quantitative estimate of drug-likeness (QED) is 0.774. The van der Waals surface area contributed by atoms with Gasteiger partial charge in [0.2, 0.25) is 5.91 Å². The number of likely N-dealkylation sites (tertiary alicyclic amines) is 1. The second kappa shape index (κ2) is 8.06. The molecule has 25 heavy (non-hydrogen) atoms. The Balaban J connectivity index is 1.49. The van der Waals surface area contributed by atoms with Crippen LogP contribution in [0.25, 0.3) is 0 Å². The monoisotopic (exact) mass is 365 g/mol. The maximum Gasteiger partial charge on any atom is 0.277 e. The number of carbonyl (C=O) groups excluding carboxylic acids is 2. The third kappa shape index (κ3) is 4.44. The van der Waals surface area contributed by atoms with E-state index in [1.165, 1.54) is 4.90 Å². The van der Waals surface area contributed by atoms with Crippen LogP contribution in [0.3, 0.4) is 0 Å². The number of hydrogen-bond acceptors (Lipinski definition) is 3. The van der Waals surface area contributed by atoms with E-state index in [9.17, 15) is 9.59 Å². The number of carbonyl (C=O) groups is 2. The Labute approximate surface area is 153 Å². The van der Waals surface area contributed by atoms with Crippen LogP contribution in [0, 0.1) is 5.92 Å². The van der Waals surface area contributed by atoms with Gasteiger partial charge in [0.05, 0.1) is 42.8 Å². The Kier molecular flexibility index (Phi) is 5.81. The molecule has 0 spiro atoms. The first-order valence-corrected chi connectivity index (χ1v) is 9.32. The Morgan fingerprint density at radius 2 is 1.92 bits per heavy atom. The summed E-state index contributed by atoms with van der Waals surface area (Å²) in [5, 5.41) is 0.771. The number of halogens is 1. The first-order chi connectivity index (χ1) is 12.0. The summed E-state index contributed by atoms with van der Waals surface area (Å²) in [7, 11) is 0. The maximum absolute atomic E-state index is 12.6. The van der Waals surface area contributed by atoms with Crippen molar-refractivity contribution in [3.63, 3.8) is 0 Å². The molecule has 1 atom stereocenters. The molecule has 2 aliphatic heterocycles. The highest BCUT2D eigenvalue weighted by molar-refractivity contribution is 6.33. The van der Waals surface area contributed by atoms with E-state index in [2.05, 4.69) is 4.90 Å². The lowest BCUT2D eigenvalue weighted by Crippen LogP contribution is -3.16. The van der Waals surface area contributed by atoms with Gasteiger partial charge in [-0.05, 0) is 25.0 Å². The van der Waals surface area contributed by atoms with E-state index in [1.807, 2.05) is 29.2 Å². The van der Waals surface area contributed by atoms with Gasteiger partial charge in [0.1, 0.15) is 0 Å². The topological polar surface area (TPSA) is 71.1 Å². The highest BCUT2D eigenvalue weighted by Gasteiger charge is 2.30. The third-order valence-electron chi connectivity index (χ3n) is 5.24. The predicted molar refractivity (Wildman–Crippen MR) is 97.7 cm³/mol. The first kappa shape index (κ1) is 18.0. The molecule has 3 rings (SSSR count). The lowest BCUT2D eigenvalue weighted by atomic mass is 9.97. The molecule has 0 aliphatic carbocycles. The van der Waals surface area contributed by atoms with Crippen LogP contribution >= 0.6 is 11.6 Å². The molecule has 136 valence electrons. The van der Waals surface area contributed by atoms with Crippen molar-refractivity contribution < 1.29 is 14.5 Å². The number of amides is 2. The van der Waals surface area contributed by atoms with Crippen LogP contribution in [0.15, 0.2) is 24.3 Å². The molecule has 1 aromatic carbocycles. The Morgan fingerprint density at radius 3 is 2.60 bits per heavy atom. The number of quaternary nitrogens is 1. The lowest BCUT2D eigenvalue weighted by Gasteiger charge is -2.36. The van der Waals surface area contributed by atoms with Crippen LogP contribution < -0.4 is 15.5 Å². The summed E-state index contributed by atoms with van der Waals surface area (Å²) in [6, 6.07) is 7.88. The van der Waals surface area contributed by atoms with Crippen molar-refractivity contribution in [2.45, 2.75) is 12.8 Å². The summed E-state index contributed by atoms with van der Waals surface area (Å²) in [6.45, 7) is 5.29. The van der Waals surface area contributed by atoms with E-state index >= 15 is 0 Å². The smallest absolute Gasteiger partial charge is 0.277 e. The van der Waals surface area contributed by atoms with Gasteiger partial charge in [-0.15, -0.1) is 0 Å². The minimum Gasteiger partial charge on any atom is -0.369 e. The number of piperidine rings is 1. The summed E-state index contributed by atoms with van der Waals surface area (Å²) < 4.78 is 0. The predicted octanol–water partition coefficient (Wildman–Crippen LogP) is -0.231. The number of primary amides is 1. The number of hydrogen-bond donors (Lipinski definition) is 2. The average Bonchev–Trinajstić information content (AvgIpc) is 2.63. The molecule has 0 unspecified atom stereocenters. The summed E-state index contributed by atoms with van der Waals surface area (Å²) in [4.78, 5) is 29.3. The molecule has 7 heteroatoms. The summed E-state index contributed by atoms with van der Waals surface area (Å²) in [5.74, 6) is -0.352. The average molecular weight is 366 g/mol. The molecule has 6 nitrogen and oxygen atoms in total. The Bertz CT molecular complexity index is 631. The van der Waals surface area contributed by atoms with Gasteiger partial charge in [-0.2, -0.15) is 0 Å². The van der Waals surface area contributed by atoms with Crippen LogP contribution in [0.1, 0.15) is 12.8 Å². The van der Waals surface area contributed by atoms with Crippen LogP contribution in [0.2, 0.25) is 5.02 Å². The van der Waals surface area contributed by atoms with Crippen LogP contribution in [0.4, 0.5) is 5.69 Å². The third-order valence-corrected chi connectivity index (χ3v) is 5.56. The fraction of sp³-hybridized carbons (Fsp3) is 0.556. The molecule has 2 heterocycles. The fourth-order valence-corrected chi connectivity index (χ4v) is 3.97. The van der Waals surface area contributed by atoms with E-state index in [1.54, 1.807) is 0 Å². The molecular weight excluding hydrogens is 340 g/mol. The van der Waals surface area contributed by atoms with Gasteiger partial charge in [0, 0.05) is 13.1 Å². The minimum atomic E-state index is -0.293. The zero-order valence-corrected chi connectivity index (χ0v) is 15.2. The van der Waals surface area contributed by atoms with E-state index in [-0.39, 0.29) is 17.7 Å². The molecule has 0 bridgehead atoms. The molecule has 0 aromatic heterocycles. The fourth-order valence-electron chi connectivity index (χ4n) is 3.71. The van der Waals surface area contributed by atoms with Crippen molar-refractivity contribution >= 4 is 29.1 Å². The van der Waals surface area contributed by atoms with Crippen LogP contribution in [0.5, 0.6) is 0 Å². The summed E-state index contributed by atoms with van der Waals surface area (Å²) in [5.41, 5.74) is 6.46. The lowest BCUT2D eigenvalue weighted by molar-refractivity contribution is -0.892. The van der Waals surface area contributed by atoms with E-state index < -0.39 is 0 Å². The second-order valence-electron chi connectivity index (χ2n) is 6.95. The largest absolute Gasteiger partial charge is 0.369 e. The van der Waals surface area contributed by atoms with E-state index in [0.29, 0.717) is 13.1 Å². The molecule has 2 fully saturated rings. The number of anilines is 1. The maximum atomic E-state index is 12.6. The standard InChI is InChI=1S/C18H25ClN4O2/c19-15-5-1-2-6-16(15)22-10-8-21(9-11-22)13-17(24)23-7-3-4-14(12-23)18(20)25/h1-2,5-6,14H,3-4,7-13H2,(H2,20,25)/p+1/t14-/m1/s1. The van der Waals surface area contributed by atoms with Crippen molar-refractivity contribution in [1.29, 1.82) is 0 Å². The number of piperazine rings is 1. The number of nitrogens with zero attached hydrogens (tertiary/aromatic N) is 2. The van der Waals surface area contributed by atoms with Gasteiger partial charge in [-0.1, -0.05) is 23.7 Å². The van der Waals surface area contributed by atoms with Gasteiger partial charge in [0.15, 0.2) is 6.54 Å². The molecule has 1 aromatic rings. The summed E-state index contributed by atoms with van der Waals surface area (Å²) >= 11 is 6.27. The molecule has 3 N–H and O–H groups in total. The molecule has 2 saturated heterocycles. The Hall–Kier alpha value is -1.79. The normalized spacial score (nSPS) is 22.0. The molecule has 0 radical (unpaired) electrons. The molecule has 0 saturated carbocycles. The number of benzene rings is 1. The molecular formula is C18H26ClN4O2+. The van der Waals surface area contributed by atoms with Gasteiger partial charge < -0.3 is 20.4 Å². The van der Waals surface area contributed by atoms with Gasteiger partial charge in [-0.3, -0.25) is 9.59 Å².